The number of hydrogen-bond acceptors (Lipinski definition) is 1. The third-order valence-corrected chi connectivity index (χ3v) is 2.67. The Morgan fingerprint density at radius 1 is 1.40 bits per heavy atom. The van der Waals surface area contributed by atoms with Crippen LogP contribution in [-0.2, 0) is 6.18 Å². The Kier molecular flexibility index (Phi) is 3.59. The highest BCUT2D eigenvalue weighted by molar-refractivity contribution is 7.71. The molecule has 0 unspecified atom stereocenters. The van der Waals surface area contributed by atoms with E-state index in [0.29, 0.717) is 0 Å². The van der Waals surface area contributed by atoms with Gasteiger partial charge in [-0.15, -0.1) is 0 Å². The molecule has 0 aliphatic heterocycles. The number of nitrogens with one attached hydrogen (secondary N) is 1. The molecule has 0 radical (unpaired) electrons. The lowest BCUT2D eigenvalue weighted by Crippen LogP contribution is -2.12. The van der Waals surface area contributed by atoms with Crippen molar-refractivity contribution in [2.75, 3.05) is 0 Å². The van der Waals surface area contributed by atoms with Crippen molar-refractivity contribution in [3.63, 3.8) is 0 Å². The van der Waals surface area contributed by atoms with Crippen molar-refractivity contribution in [3.05, 3.63) is 16.4 Å². The molecule has 1 heterocycles. The first kappa shape index (κ1) is 12.3. The van der Waals surface area contributed by atoms with Crippen LogP contribution in [0.2, 0.25) is 0 Å². The summed E-state index contributed by atoms with van der Waals surface area (Å²) in [6.45, 7) is 3.84. The second-order valence-corrected chi connectivity index (χ2v) is 3.76. The Morgan fingerprint density at radius 2 is 1.93 bits per heavy atom. The highest BCUT2D eigenvalue weighted by Gasteiger charge is 2.33. The molecule has 0 bridgehead atoms. The molecule has 0 spiro atoms. The lowest BCUT2D eigenvalue weighted by Gasteiger charge is -2.14. The summed E-state index contributed by atoms with van der Waals surface area (Å²) in [6, 6.07) is 0.974. The number of rotatable bonds is 3. The van der Waals surface area contributed by atoms with Crippen LogP contribution >= 0.6 is 12.2 Å². The van der Waals surface area contributed by atoms with Crippen LogP contribution in [0.3, 0.4) is 0 Å². The molecular formula is C9H13F3N2S. The SMILES string of the molecule is CCC(CC)n1[nH]c(C(F)(F)F)cc1=S. The van der Waals surface area contributed by atoms with Gasteiger partial charge in [-0.05, 0) is 12.8 Å². The molecule has 0 saturated carbocycles. The normalized spacial score (nSPS) is 12.4. The van der Waals surface area contributed by atoms with Gasteiger partial charge in [-0.1, -0.05) is 26.1 Å². The van der Waals surface area contributed by atoms with Crippen LogP contribution in [0.15, 0.2) is 6.07 Å². The maximum atomic E-state index is 12.4. The summed E-state index contributed by atoms with van der Waals surface area (Å²) in [7, 11) is 0. The topological polar surface area (TPSA) is 20.7 Å². The predicted molar refractivity (Wildman–Crippen MR) is 54.2 cm³/mol. The minimum absolute atomic E-state index is 0.00796. The molecule has 6 heteroatoms. The molecule has 1 aromatic heterocycles. The van der Waals surface area contributed by atoms with Gasteiger partial charge in [0.1, 0.15) is 10.3 Å². The molecule has 0 aliphatic rings. The van der Waals surface area contributed by atoms with Gasteiger partial charge in [0.2, 0.25) is 0 Å². The highest BCUT2D eigenvalue weighted by Crippen LogP contribution is 2.29. The Hall–Kier alpha value is -0.780. The van der Waals surface area contributed by atoms with Crippen LogP contribution in [0, 0.1) is 4.64 Å². The molecule has 15 heavy (non-hydrogen) atoms. The zero-order chi connectivity index (χ0) is 11.6. The lowest BCUT2D eigenvalue weighted by atomic mass is 10.2. The number of aromatic nitrogens is 2. The van der Waals surface area contributed by atoms with Crippen LogP contribution in [0.25, 0.3) is 0 Å². The van der Waals surface area contributed by atoms with Crippen LogP contribution in [0.4, 0.5) is 13.2 Å². The van der Waals surface area contributed by atoms with Crippen molar-refractivity contribution in [1.29, 1.82) is 0 Å². The molecule has 2 nitrogen and oxygen atoms in total. The fraction of sp³-hybridized carbons (Fsp3) is 0.667. The second kappa shape index (κ2) is 4.38. The number of aromatic amines is 1. The molecule has 86 valence electrons. The third-order valence-electron chi connectivity index (χ3n) is 2.36. The van der Waals surface area contributed by atoms with E-state index in [0.717, 1.165) is 18.9 Å². The second-order valence-electron chi connectivity index (χ2n) is 3.35. The van der Waals surface area contributed by atoms with Crippen molar-refractivity contribution in [2.24, 2.45) is 0 Å². The quantitative estimate of drug-likeness (QED) is 0.791. The number of H-pyrrole nitrogens is 1. The van der Waals surface area contributed by atoms with E-state index in [1.165, 1.54) is 4.68 Å². The minimum atomic E-state index is -4.36. The van der Waals surface area contributed by atoms with Gasteiger partial charge in [-0.25, -0.2) is 0 Å². The fourth-order valence-electron chi connectivity index (χ4n) is 1.48. The Morgan fingerprint density at radius 3 is 2.27 bits per heavy atom. The summed E-state index contributed by atoms with van der Waals surface area (Å²) in [5.74, 6) is 0. The molecule has 0 aliphatic carbocycles. The molecule has 0 saturated heterocycles. The van der Waals surface area contributed by atoms with Crippen molar-refractivity contribution in [3.8, 4) is 0 Å². The maximum Gasteiger partial charge on any atom is 0.432 e. The number of halogens is 3. The summed E-state index contributed by atoms with van der Waals surface area (Å²) in [5, 5.41) is 2.31. The molecule has 1 aromatic rings. The van der Waals surface area contributed by atoms with Gasteiger partial charge < -0.3 is 0 Å². The monoisotopic (exact) mass is 238 g/mol. The lowest BCUT2D eigenvalue weighted by molar-refractivity contribution is -0.141. The Balaban J connectivity index is 3.12. The van der Waals surface area contributed by atoms with E-state index >= 15 is 0 Å². The molecular weight excluding hydrogens is 225 g/mol. The molecule has 0 amide bonds. The summed E-state index contributed by atoms with van der Waals surface area (Å²) >= 11 is 4.88. The first-order chi connectivity index (χ1) is 6.90. The van der Waals surface area contributed by atoms with E-state index < -0.39 is 11.9 Å². The summed E-state index contributed by atoms with van der Waals surface area (Å²) in [5.41, 5.74) is -0.778. The average molecular weight is 238 g/mol. The van der Waals surface area contributed by atoms with Crippen LogP contribution in [-0.4, -0.2) is 9.78 Å². The van der Waals surface area contributed by atoms with E-state index in [1.807, 2.05) is 13.8 Å². The summed E-state index contributed by atoms with van der Waals surface area (Å²) in [4.78, 5) is 0. The fourth-order valence-corrected chi connectivity index (χ4v) is 1.79. The van der Waals surface area contributed by atoms with Crippen LogP contribution in [0.1, 0.15) is 38.4 Å². The highest BCUT2D eigenvalue weighted by atomic mass is 32.1. The van der Waals surface area contributed by atoms with Gasteiger partial charge in [0, 0.05) is 6.07 Å². The molecule has 0 fully saturated rings. The third kappa shape index (κ3) is 2.62. The summed E-state index contributed by atoms with van der Waals surface area (Å²) in [6.07, 6.45) is -2.85. The van der Waals surface area contributed by atoms with E-state index in [2.05, 4.69) is 5.10 Å². The predicted octanol–water partition coefficient (Wildman–Crippen LogP) is 3.93. The minimum Gasteiger partial charge on any atom is -0.293 e. The first-order valence-corrected chi connectivity index (χ1v) is 5.19. The number of hydrogen-bond donors (Lipinski definition) is 1. The molecule has 1 rings (SSSR count). The standard InChI is InChI=1S/C9H13F3N2S/c1-3-6(4-2)14-8(15)5-7(13-14)9(10,11)12/h5-6,13H,3-4H2,1-2H3. The van der Waals surface area contributed by atoms with Gasteiger partial charge >= 0.3 is 6.18 Å². The van der Waals surface area contributed by atoms with Gasteiger partial charge in [0.05, 0.1) is 6.04 Å². The van der Waals surface area contributed by atoms with Gasteiger partial charge in [0.25, 0.3) is 0 Å². The van der Waals surface area contributed by atoms with E-state index in [-0.39, 0.29) is 10.7 Å². The smallest absolute Gasteiger partial charge is 0.293 e. The van der Waals surface area contributed by atoms with Crippen molar-refractivity contribution in [1.82, 2.24) is 9.78 Å². The Labute approximate surface area is 91.1 Å². The van der Waals surface area contributed by atoms with Crippen LogP contribution < -0.4 is 0 Å². The molecule has 0 aromatic carbocycles. The van der Waals surface area contributed by atoms with E-state index in [1.54, 1.807) is 0 Å². The van der Waals surface area contributed by atoms with E-state index in [4.69, 9.17) is 12.2 Å². The van der Waals surface area contributed by atoms with Gasteiger partial charge in [0.15, 0.2) is 0 Å². The zero-order valence-electron chi connectivity index (χ0n) is 8.56. The average Bonchev–Trinajstić information content (AvgIpc) is 2.50. The number of alkyl halides is 3. The largest absolute Gasteiger partial charge is 0.432 e. The molecule has 1 N–H and O–H groups in total. The van der Waals surface area contributed by atoms with Crippen molar-refractivity contribution >= 4 is 12.2 Å². The first-order valence-electron chi connectivity index (χ1n) is 4.78. The molecule has 0 atom stereocenters. The van der Waals surface area contributed by atoms with Crippen LogP contribution in [0.5, 0.6) is 0 Å². The zero-order valence-corrected chi connectivity index (χ0v) is 9.37. The van der Waals surface area contributed by atoms with Gasteiger partial charge in [-0.3, -0.25) is 9.78 Å². The Bertz CT molecular complexity index is 373. The van der Waals surface area contributed by atoms with E-state index in [9.17, 15) is 13.2 Å². The van der Waals surface area contributed by atoms with Crippen molar-refractivity contribution < 1.29 is 13.2 Å². The number of nitrogens with zero attached hydrogens (tertiary/aromatic N) is 1. The summed E-state index contributed by atoms with van der Waals surface area (Å²) < 4.78 is 38.7. The van der Waals surface area contributed by atoms with Crippen molar-refractivity contribution in [2.45, 2.75) is 38.9 Å². The van der Waals surface area contributed by atoms with Gasteiger partial charge in [-0.2, -0.15) is 13.2 Å². The maximum absolute atomic E-state index is 12.4.